The number of benzene rings is 1. The van der Waals surface area contributed by atoms with E-state index in [2.05, 4.69) is 18.2 Å². The van der Waals surface area contributed by atoms with E-state index in [1.807, 2.05) is 0 Å². The van der Waals surface area contributed by atoms with E-state index in [1.54, 1.807) is 0 Å². The summed E-state index contributed by atoms with van der Waals surface area (Å²) in [6, 6.07) is 6.90. The second-order valence-electron chi connectivity index (χ2n) is 11.7. The van der Waals surface area contributed by atoms with E-state index in [4.69, 9.17) is 4.55 Å². The summed E-state index contributed by atoms with van der Waals surface area (Å²) in [7, 11) is -6.20. The molecule has 1 aromatic carbocycles. The summed E-state index contributed by atoms with van der Waals surface area (Å²) in [6.45, 7) is 0. The van der Waals surface area contributed by atoms with Crippen molar-refractivity contribution in [3.05, 3.63) is 34.9 Å². The van der Waals surface area contributed by atoms with Gasteiger partial charge in [0.05, 0.1) is 0 Å². The minimum Gasteiger partial charge on any atom is -0.281 e. The average Bonchev–Trinajstić information content (AvgIpc) is 3.46. The standard InChI is InChI=1S/C27H36F4O3S/c28-26(29,27(30,31)35(32,33)34)25-16-22-14-23(25)15-24(22)21-12-19(17-7-3-1-4-8-17)11-20(13-21)18-9-5-2-6-10-18/h11-13,17-18,22-25H,1-10,14-16H2,(H,32,33,34). The Morgan fingerprint density at radius 3 is 1.60 bits per heavy atom. The van der Waals surface area contributed by atoms with Gasteiger partial charge in [-0.15, -0.1) is 0 Å². The maximum atomic E-state index is 14.7. The molecule has 2 bridgehead atoms. The Labute approximate surface area is 205 Å². The van der Waals surface area contributed by atoms with Gasteiger partial charge in [-0.3, -0.25) is 4.55 Å². The van der Waals surface area contributed by atoms with E-state index in [0.717, 1.165) is 5.56 Å². The average molecular weight is 517 g/mol. The third-order valence-corrected chi connectivity index (χ3v) is 10.5. The van der Waals surface area contributed by atoms with Crippen molar-refractivity contribution in [2.75, 3.05) is 0 Å². The molecule has 4 atom stereocenters. The number of rotatable bonds is 6. The quantitative estimate of drug-likeness (QED) is 0.308. The first-order chi connectivity index (χ1) is 16.5. The highest BCUT2D eigenvalue weighted by atomic mass is 32.2. The van der Waals surface area contributed by atoms with Crippen LogP contribution in [0.5, 0.6) is 0 Å². The van der Waals surface area contributed by atoms with Crippen molar-refractivity contribution in [2.24, 2.45) is 17.8 Å². The van der Waals surface area contributed by atoms with Crippen LogP contribution in [0.4, 0.5) is 17.6 Å². The molecule has 1 aromatic rings. The third-order valence-electron chi connectivity index (χ3n) is 9.62. The van der Waals surface area contributed by atoms with Gasteiger partial charge in [0.1, 0.15) is 0 Å². The van der Waals surface area contributed by atoms with Crippen LogP contribution < -0.4 is 0 Å². The third kappa shape index (κ3) is 4.55. The first-order valence-electron chi connectivity index (χ1n) is 13.4. The van der Waals surface area contributed by atoms with Crippen LogP contribution in [0.1, 0.15) is 118 Å². The van der Waals surface area contributed by atoms with E-state index in [-0.39, 0.29) is 18.3 Å². The van der Waals surface area contributed by atoms with E-state index in [9.17, 15) is 26.0 Å². The van der Waals surface area contributed by atoms with Gasteiger partial charge in [0.25, 0.3) is 0 Å². The Kier molecular flexibility index (Phi) is 6.78. The van der Waals surface area contributed by atoms with Crippen molar-refractivity contribution in [2.45, 2.75) is 112 Å². The minimum absolute atomic E-state index is 0.0392. The summed E-state index contributed by atoms with van der Waals surface area (Å²) >= 11 is 0. The largest absolute Gasteiger partial charge is 0.431 e. The molecule has 35 heavy (non-hydrogen) atoms. The highest BCUT2D eigenvalue weighted by Crippen LogP contribution is 2.62. The summed E-state index contributed by atoms with van der Waals surface area (Å²) in [5.74, 6) is -6.29. The van der Waals surface area contributed by atoms with Crippen LogP contribution in [0.2, 0.25) is 0 Å². The lowest BCUT2D eigenvalue weighted by Gasteiger charge is -2.36. The van der Waals surface area contributed by atoms with Crippen LogP contribution >= 0.6 is 0 Å². The number of fused-ring (bicyclic) bond motifs is 2. The first-order valence-corrected chi connectivity index (χ1v) is 14.8. The molecule has 8 heteroatoms. The zero-order chi connectivity index (χ0) is 25.0. The molecule has 4 aliphatic carbocycles. The molecule has 5 rings (SSSR count). The highest BCUT2D eigenvalue weighted by molar-refractivity contribution is 7.87. The van der Waals surface area contributed by atoms with Crippen molar-refractivity contribution < 1.29 is 30.5 Å². The van der Waals surface area contributed by atoms with Gasteiger partial charge in [0.2, 0.25) is 0 Å². The van der Waals surface area contributed by atoms with Crippen LogP contribution in [0.15, 0.2) is 18.2 Å². The van der Waals surface area contributed by atoms with Gasteiger partial charge in [0, 0.05) is 5.92 Å². The van der Waals surface area contributed by atoms with Crippen molar-refractivity contribution in [3.8, 4) is 0 Å². The lowest BCUT2D eigenvalue weighted by molar-refractivity contribution is -0.203. The van der Waals surface area contributed by atoms with Gasteiger partial charge in [-0.25, -0.2) is 0 Å². The Bertz CT molecular complexity index is 993. The Morgan fingerprint density at radius 1 is 0.686 bits per heavy atom. The number of hydrogen-bond donors (Lipinski definition) is 1. The van der Waals surface area contributed by atoms with Crippen molar-refractivity contribution in [1.29, 1.82) is 0 Å². The molecule has 4 saturated carbocycles. The molecule has 0 aliphatic heterocycles. The van der Waals surface area contributed by atoms with Crippen LogP contribution in [0, 0.1) is 17.8 Å². The van der Waals surface area contributed by atoms with Crippen molar-refractivity contribution >= 4 is 10.1 Å². The van der Waals surface area contributed by atoms with Crippen LogP contribution in [-0.4, -0.2) is 24.1 Å². The minimum atomic E-state index is -6.20. The van der Waals surface area contributed by atoms with E-state index in [0.29, 0.717) is 24.7 Å². The second kappa shape index (κ2) is 9.30. The SMILES string of the molecule is O=S(=O)(O)C(F)(F)C(F)(F)C1CC2CC1CC2c1cc(C2CCCCC2)cc(C2CCCCC2)c1. The molecule has 0 aromatic heterocycles. The summed E-state index contributed by atoms with van der Waals surface area (Å²) in [5.41, 5.74) is 3.86. The molecular weight excluding hydrogens is 480 g/mol. The molecule has 196 valence electrons. The zero-order valence-corrected chi connectivity index (χ0v) is 20.9. The van der Waals surface area contributed by atoms with Gasteiger partial charge in [0.15, 0.2) is 0 Å². The molecular formula is C27H36F4O3S. The highest BCUT2D eigenvalue weighted by Gasteiger charge is 2.72. The fourth-order valence-corrected chi connectivity index (χ4v) is 8.27. The van der Waals surface area contributed by atoms with Crippen molar-refractivity contribution in [1.82, 2.24) is 0 Å². The van der Waals surface area contributed by atoms with Gasteiger partial charge in [-0.05, 0) is 91.2 Å². The van der Waals surface area contributed by atoms with Crippen LogP contribution in [-0.2, 0) is 10.1 Å². The fourth-order valence-electron chi connectivity index (χ4n) is 7.78. The molecule has 0 amide bonds. The van der Waals surface area contributed by atoms with Crippen molar-refractivity contribution in [3.63, 3.8) is 0 Å². The second-order valence-corrected chi connectivity index (χ2v) is 13.1. The Balaban J connectivity index is 1.41. The maximum absolute atomic E-state index is 14.7. The smallest absolute Gasteiger partial charge is 0.281 e. The molecule has 0 spiro atoms. The maximum Gasteiger partial charge on any atom is 0.431 e. The van der Waals surface area contributed by atoms with Gasteiger partial charge >= 0.3 is 21.3 Å². The predicted molar refractivity (Wildman–Crippen MR) is 127 cm³/mol. The van der Waals surface area contributed by atoms with Crippen LogP contribution in [0.3, 0.4) is 0 Å². The number of hydrogen-bond acceptors (Lipinski definition) is 2. The molecule has 4 unspecified atom stereocenters. The topological polar surface area (TPSA) is 54.4 Å². The normalized spacial score (nSPS) is 31.2. The molecule has 4 aliphatic rings. The number of alkyl halides is 4. The van der Waals surface area contributed by atoms with Crippen LogP contribution in [0.25, 0.3) is 0 Å². The molecule has 0 heterocycles. The summed E-state index contributed by atoms with van der Waals surface area (Å²) < 4.78 is 88.4. The van der Waals surface area contributed by atoms with Gasteiger partial charge in [-0.1, -0.05) is 56.7 Å². The Morgan fingerprint density at radius 2 is 1.17 bits per heavy atom. The molecule has 1 N–H and O–H groups in total. The Hall–Kier alpha value is -1.15. The predicted octanol–water partition coefficient (Wildman–Crippen LogP) is 8.03. The lowest BCUT2D eigenvalue weighted by Crippen LogP contribution is -2.52. The molecule has 0 radical (unpaired) electrons. The van der Waals surface area contributed by atoms with E-state index < -0.39 is 33.1 Å². The molecule has 3 nitrogen and oxygen atoms in total. The molecule has 0 saturated heterocycles. The van der Waals surface area contributed by atoms with E-state index in [1.165, 1.54) is 75.3 Å². The number of halogens is 4. The van der Waals surface area contributed by atoms with Gasteiger partial charge in [-0.2, -0.15) is 26.0 Å². The lowest BCUT2D eigenvalue weighted by atomic mass is 9.73. The summed E-state index contributed by atoms with van der Waals surface area (Å²) in [4.78, 5) is 0. The fraction of sp³-hybridized carbons (Fsp3) is 0.778. The monoisotopic (exact) mass is 516 g/mol. The zero-order valence-electron chi connectivity index (χ0n) is 20.1. The summed E-state index contributed by atoms with van der Waals surface area (Å²) in [5, 5.41) is -5.47. The molecule has 4 fully saturated rings. The first kappa shape index (κ1) is 25.5. The van der Waals surface area contributed by atoms with E-state index >= 15 is 0 Å². The van der Waals surface area contributed by atoms with Gasteiger partial charge < -0.3 is 0 Å². The summed E-state index contributed by atoms with van der Waals surface area (Å²) in [6.07, 6.45) is 12.7.